The first-order valence-corrected chi connectivity index (χ1v) is 6.40. The molecule has 1 aliphatic heterocycles. The number of carbonyl (C=O) groups excluding carboxylic acids is 1. The number of carbonyl (C=O) groups is 1. The van der Waals surface area contributed by atoms with E-state index in [1.165, 1.54) is 19.3 Å². The van der Waals surface area contributed by atoms with Crippen molar-refractivity contribution in [1.82, 2.24) is 4.90 Å². The van der Waals surface area contributed by atoms with Crippen molar-refractivity contribution in [2.24, 2.45) is 17.1 Å². The molecule has 0 aromatic heterocycles. The SMILES string of the molecule is CC1(N)CN(C(=O)C2CCCCC2(C)C)C1. The highest BCUT2D eigenvalue weighted by molar-refractivity contribution is 5.81. The van der Waals surface area contributed by atoms with Gasteiger partial charge in [-0.2, -0.15) is 0 Å². The Hall–Kier alpha value is -0.570. The Balaban J connectivity index is 1.99. The first-order valence-electron chi connectivity index (χ1n) is 6.40. The van der Waals surface area contributed by atoms with Gasteiger partial charge in [-0.05, 0) is 25.2 Å². The van der Waals surface area contributed by atoms with Gasteiger partial charge in [0.25, 0.3) is 0 Å². The zero-order chi connectivity index (χ0) is 12.0. The fourth-order valence-electron chi connectivity index (χ4n) is 3.15. The largest absolute Gasteiger partial charge is 0.339 e. The molecule has 2 rings (SSSR count). The highest BCUT2D eigenvalue weighted by Gasteiger charge is 2.44. The lowest BCUT2D eigenvalue weighted by Gasteiger charge is -2.49. The monoisotopic (exact) mass is 224 g/mol. The molecule has 0 spiro atoms. The predicted molar refractivity (Wildman–Crippen MR) is 64.9 cm³/mol. The van der Waals surface area contributed by atoms with Gasteiger partial charge in [-0.25, -0.2) is 0 Å². The average Bonchev–Trinajstić information content (AvgIpc) is 2.12. The first kappa shape index (κ1) is 11.9. The molecule has 16 heavy (non-hydrogen) atoms. The molecule has 1 aliphatic carbocycles. The summed E-state index contributed by atoms with van der Waals surface area (Å²) in [5, 5.41) is 0. The number of nitrogens with zero attached hydrogens (tertiary/aromatic N) is 1. The summed E-state index contributed by atoms with van der Waals surface area (Å²) in [6, 6.07) is 0. The van der Waals surface area contributed by atoms with E-state index in [-0.39, 0.29) is 16.9 Å². The summed E-state index contributed by atoms with van der Waals surface area (Å²) in [4.78, 5) is 14.3. The Morgan fingerprint density at radius 2 is 1.88 bits per heavy atom. The molecular weight excluding hydrogens is 200 g/mol. The highest BCUT2D eigenvalue weighted by atomic mass is 16.2. The van der Waals surface area contributed by atoms with Crippen LogP contribution in [0.25, 0.3) is 0 Å². The van der Waals surface area contributed by atoms with E-state index in [0.29, 0.717) is 5.91 Å². The van der Waals surface area contributed by atoms with E-state index in [2.05, 4.69) is 13.8 Å². The predicted octanol–water partition coefficient (Wildman–Crippen LogP) is 1.76. The Labute approximate surface area is 98.4 Å². The molecule has 2 N–H and O–H groups in total. The Morgan fingerprint density at radius 1 is 1.25 bits per heavy atom. The maximum absolute atomic E-state index is 12.4. The van der Waals surface area contributed by atoms with Crippen LogP contribution < -0.4 is 5.73 Å². The second-order valence-electron chi connectivity index (χ2n) is 6.64. The molecule has 0 bridgehead atoms. The molecule has 1 atom stereocenters. The molecule has 1 heterocycles. The highest BCUT2D eigenvalue weighted by Crippen LogP contribution is 2.42. The molecule has 2 aliphatic rings. The summed E-state index contributed by atoms with van der Waals surface area (Å²) in [6.07, 6.45) is 4.71. The van der Waals surface area contributed by atoms with Crippen LogP contribution in [0.1, 0.15) is 46.5 Å². The van der Waals surface area contributed by atoms with Crippen LogP contribution in [0.5, 0.6) is 0 Å². The van der Waals surface area contributed by atoms with E-state index in [1.807, 2.05) is 11.8 Å². The van der Waals surface area contributed by atoms with Gasteiger partial charge in [0.2, 0.25) is 5.91 Å². The molecule has 1 saturated carbocycles. The maximum atomic E-state index is 12.4. The Bertz CT molecular complexity index is 288. The maximum Gasteiger partial charge on any atom is 0.226 e. The van der Waals surface area contributed by atoms with Crippen molar-refractivity contribution in [3.8, 4) is 0 Å². The van der Waals surface area contributed by atoms with Crippen molar-refractivity contribution in [3.63, 3.8) is 0 Å². The van der Waals surface area contributed by atoms with Gasteiger partial charge >= 0.3 is 0 Å². The van der Waals surface area contributed by atoms with Crippen LogP contribution in [-0.2, 0) is 4.79 Å². The molecule has 0 aromatic carbocycles. The van der Waals surface area contributed by atoms with Crippen LogP contribution in [0.4, 0.5) is 0 Å². The van der Waals surface area contributed by atoms with Gasteiger partial charge in [0.05, 0.1) is 0 Å². The second kappa shape index (κ2) is 3.73. The normalized spacial score (nSPS) is 32.0. The van der Waals surface area contributed by atoms with Gasteiger partial charge in [-0.3, -0.25) is 4.79 Å². The van der Waals surface area contributed by atoms with Crippen LogP contribution in [0.3, 0.4) is 0 Å². The number of amides is 1. The second-order valence-corrected chi connectivity index (χ2v) is 6.64. The molecule has 92 valence electrons. The zero-order valence-corrected chi connectivity index (χ0v) is 10.8. The van der Waals surface area contributed by atoms with E-state index in [4.69, 9.17) is 5.73 Å². The summed E-state index contributed by atoms with van der Waals surface area (Å²) in [6.45, 7) is 7.95. The van der Waals surface area contributed by atoms with E-state index in [1.54, 1.807) is 0 Å². The summed E-state index contributed by atoms with van der Waals surface area (Å²) in [7, 11) is 0. The number of nitrogens with two attached hydrogens (primary N) is 1. The smallest absolute Gasteiger partial charge is 0.226 e. The van der Waals surface area contributed by atoms with Gasteiger partial charge in [-0.15, -0.1) is 0 Å². The zero-order valence-electron chi connectivity index (χ0n) is 10.8. The minimum absolute atomic E-state index is 0.144. The third kappa shape index (κ3) is 2.10. The summed E-state index contributed by atoms with van der Waals surface area (Å²) in [5.74, 6) is 0.560. The molecular formula is C13H24N2O. The van der Waals surface area contributed by atoms with Crippen LogP contribution in [0.2, 0.25) is 0 Å². The van der Waals surface area contributed by atoms with Gasteiger partial charge < -0.3 is 10.6 Å². The standard InChI is InChI=1S/C13H24N2O/c1-12(2)7-5-4-6-10(12)11(16)15-8-13(3,14)9-15/h10H,4-9,14H2,1-3H3. The van der Waals surface area contributed by atoms with Crippen molar-refractivity contribution >= 4 is 5.91 Å². The fraction of sp³-hybridized carbons (Fsp3) is 0.923. The summed E-state index contributed by atoms with van der Waals surface area (Å²) in [5.41, 5.74) is 5.99. The molecule has 1 saturated heterocycles. The summed E-state index contributed by atoms with van der Waals surface area (Å²) < 4.78 is 0. The minimum atomic E-state index is -0.144. The molecule has 1 amide bonds. The Kier molecular flexibility index (Phi) is 2.77. The molecule has 3 nitrogen and oxygen atoms in total. The molecule has 0 aromatic rings. The van der Waals surface area contributed by atoms with Crippen molar-refractivity contribution in [2.75, 3.05) is 13.1 Å². The van der Waals surface area contributed by atoms with Gasteiger partial charge in [0.15, 0.2) is 0 Å². The van der Waals surface area contributed by atoms with E-state index in [0.717, 1.165) is 19.5 Å². The van der Waals surface area contributed by atoms with Gasteiger partial charge in [0.1, 0.15) is 0 Å². The van der Waals surface area contributed by atoms with Crippen molar-refractivity contribution in [1.29, 1.82) is 0 Å². The number of hydrogen-bond acceptors (Lipinski definition) is 2. The lowest BCUT2D eigenvalue weighted by molar-refractivity contribution is -0.148. The van der Waals surface area contributed by atoms with Crippen molar-refractivity contribution < 1.29 is 4.79 Å². The molecule has 0 radical (unpaired) electrons. The van der Waals surface area contributed by atoms with Crippen LogP contribution in [0.15, 0.2) is 0 Å². The van der Waals surface area contributed by atoms with Crippen molar-refractivity contribution in [3.05, 3.63) is 0 Å². The quantitative estimate of drug-likeness (QED) is 0.737. The molecule has 1 unspecified atom stereocenters. The number of rotatable bonds is 1. The third-order valence-electron chi connectivity index (χ3n) is 4.22. The van der Waals surface area contributed by atoms with Crippen LogP contribution in [-0.4, -0.2) is 29.4 Å². The molecule has 2 fully saturated rings. The van der Waals surface area contributed by atoms with E-state index < -0.39 is 0 Å². The third-order valence-corrected chi connectivity index (χ3v) is 4.22. The van der Waals surface area contributed by atoms with Crippen molar-refractivity contribution in [2.45, 2.75) is 52.0 Å². The van der Waals surface area contributed by atoms with Gasteiger partial charge in [0, 0.05) is 24.5 Å². The fourth-order valence-corrected chi connectivity index (χ4v) is 3.15. The summed E-state index contributed by atoms with van der Waals surface area (Å²) >= 11 is 0. The van der Waals surface area contributed by atoms with Crippen LogP contribution in [0, 0.1) is 11.3 Å². The van der Waals surface area contributed by atoms with E-state index in [9.17, 15) is 4.79 Å². The number of hydrogen-bond donors (Lipinski definition) is 1. The molecule has 3 heteroatoms. The minimum Gasteiger partial charge on any atom is -0.339 e. The topological polar surface area (TPSA) is 46.3 Å². The van der Waals surface area contributed by atoms with Crippen LogP contribution >= 0.6 is 0 Å². The van der Waals surface area contributed by atoms with E-state index >= 15 is 0 Å². The lowest BCUT2D eigenvalue weighted by atomic mass is 9.68. The average molecular weight is 224 g/mol. The lowest BCUT2D eigenvalue weighted by Crippen LogP contribution is -2.68. The first-order chi connectivity index (χ1) is 7.32. The Morgan fingerprint density at radius 3 is 2.38 bits per heavy atom. The van der Waals surface area contributed by atoms with Gasteiger partial charge in [-0.1, -0.05) is 26.7 Å². The number of likely N-dealkylation sites (tertiary alicyclic amines) is 1.